The first-order chi connectivity index (χ1) is 12.6. The molecule has 0 saturated carbocycles. The lowest BCUT2D eigenvalue weighted by Crippen LogP contribution is -2.25. The Hall–Kier alpha value is -2.44. The summed E-state index contributed by atoms with van der Waals surface area (Å²) in [6, 6.07) is 9.96. The lowest BCUT2D eigenvalue weighted by Gasteiger charge is -1.99. The molecule has 0 atom stereocenters. The fourth-order valence-corrected chi connectivity index (χ4v) is 4.12. The van der Waals surface area contributed by atoms with Gasteiger partial charge in [0.1, 0.15) is 0 Å². The van der Waals surface area contributed by atoms with E-state index in [9.17, 15) is 14.4 Å². The van der Waals surface area contributed by atoms with Crippen LogP contribution in [0.25, 0.3) is 0 Å². The number of anilines is 1. The van der Waals surface area contributed by atoms with Crippen molar-refractivity contribution >= 4 is 45.9 Å². The second-order valence-electron chi connectivity index (χ2n) is 4.80. The first kappa shape index (κ1) is 18.4. The van der Waals surface area contributed by atoms with Gasteiger partial charge in [-0.2, -0.15) is 5.10 Å². The summed E-state index contributed by atoms with van der Waals surface area (Å²) < 4.78 is 0.746. The highest BCUT2D eigenvalue weighted by Gasteiger charge is 2.11. The normalized spacial score (nSPS) is 10.6. The van der Waals surface area contributed by atoms with E-state index in [2.05, 4.69) is 25.7 Å². The maximum atomic E-state index is 11.9. The third-order valence-corrected chi connectivity index (χ3v) is 5.88. The molecular weight excluding hydrogens is 396 g/mol. The van der Waals surface area contributed by atoms with Gasteiger partial charge in [0.15, 0.2) is 9.37 Å². The van der Waals surface area contributed by atoms with Crippen molar-refractivity contribution in [3.05, 3.63) is 56.7 Å². The van der Waals surface area contributed by atoms with Gasteiger partial charge in [-0.15, -0.1) is 10.2 Å². The van der Waals surface area contributed by atoms with Gasteiger partial charge in [0.25, 0.3) is 5.56 Å². The number of hydrogen-bond acceptors (Lipinski definition) is 9. The van der Waals surface area contributed by atoms with E-state index in [4.69, 9.17) is 0 Å². The van der Waals surface area contributed by atoms with Crippen LogP contribution in [0.15, 0.2) is 49.3 Å². The van der Waals surface area contributed by atoms with E-state index in [0.717, 1.165) is 21.9 Å². The lowest BCUT2D eigenvalue weighted by molar-refractivity contribution is -0.113. The molecule has 0 aliphatic heterocycles. The minimum Gasteiger partial charge on any atom is -0.300 e. The Kier molecular flexibility index (Phi) is 6.20. The van der Waals surface area contributed by atoms with Gasteiger partial charge in [0.2, 0.25) is 11.0 Å². The molecule has 0 bridgehead atoms. The molecule has 1 amide bonds. The van der Waals surface area contributed by atoms with E-state index in [1.54, 1.807) is 0 Å². The number of benzene rings is 1. The zero-order chi connectivity index (χ0) is 18.4. The van der Waals surface area contributed by atoms with Crippen LogP contribution >= 0.6 is 34.9 Å². The maximum absolute atomic E-state index is 11.9. The summed E-state index contributed by atoms with van der Waals surface area (Å²) >= 11 is 3.72. The quantitative estimate of drug-likeness (QED) is 0.394. The number of thioether (sulfide) groups is 2. The number of carbonyl (C=O) groups excluding carboxylic acids is 1. The average molecular weight is 408 g/mol. The molecule has 26 heavy (non-hydrogen) atoms. The van der Waals surface area contributed by atoms with Crippen LogP contribution in [0.5, 0.6) is 0 Å². The highest BCUT2D eigenvalue weighted by atomic mass is 32.2. The fourth-order valence-electron chi connectivity index (χ4n) is 1.76. The van der Waals surface area contributed by atoms with Crippen molar-refractivity contribution in [1.29, 1.82) is 0 Å². The Morgan fingerprint density at radius 3 is 2.73 bits per heavy atom. The fraction of sp³-hybridized carbons (Fsp3) is 0.143. The van der Waals surface area contributed by atoms with Gasteiger partial charge < -0.3 is 0 Å². The van der Waals surface area contributed by atoms with Crippen LogP contribution in [0.4, 0.5) is 5.13 Å². The van der Waals surface area contributed by atoms with Crippen molar-refractivity contribution in [2.45, 2.75) is 15.1 Å². The number of amides is 1. The molecule has 134 valence electrons. The molecule has 3 N–H and O–H groups in total. The van der Waals surface area contributed by atoms with Gasteiger partial charge >= 0.3 is 5.69 Å². The van der Waals surface area contributed by atoms with Gasteiger partial charge in [0, 0.05) is 5.75 Å². The number of aromatic nitrogens is 5. The zero-order valence-corrected chi connectivity index (χ0v) is 15.5. The summed E-state index contributed by atoms with van der Waals surface area (Å²) in [5.74, 6) is 0.367. The molecule has 2 aromatic heterocycles. The van der Waals surface area contributed by atoms with E-state index in [0.29, 0.717) is 5.13 Å². The third kappa shape index (κ3) is 5.28. The Morgan fingerprint density at radius 1 is 1.15 bits per heavy atom. The van der Waals surface area contributed by atoms with Gasteiger partial charge in [-0.3, -0.25) is 19.9 Å². The molecule has 0 saturated heterocycles. The smallest absolute Gasteiger partial charge is 0.300 e. The molecule has 9 nitrogen and oxygen atoms in total. The van der Waals surface area contributed by atoms with Crippen LogP contribution in [-0.4, -0.2) is 37.0 Å². The van der Waals surface area contributed by atoms with Crippen molar-refractivity contribution in [1.82, 2.24) is 25.4 Å². The number of H-pyrrole nitrogens is 2. The number of nitrogens with one attached hydrogen (secondary N) is 3. The molecule has 0 aliphatic carbocycles. The summed E-state index contributed by atoms with van der Waals surface area (Å²) in [4.78, 5) is 36.4. The molecule has 0 unspecified atom stereocenters. The van der Waals surface area contributed by atoms with E-state index < -0.39 is 11.2 Å². The van der Waals surface area contributed by atoms with Crippen LogP contribution in [-0.2, 0) is 10.5 Å². The van der Waals surface area contributed by atoms with E-state index in [1.807, 2.05) is 35.3 Å². The topological polar surface area (TPSA) is 133 Å². The maximum Gasteiger partial charge on any atom is 0.342 e. The number of aromatic amines is 2. The van der Waals surface area contributed by atoms with Crippen LogP contribution < -0.4 is 16.6 Å². The minimum absolute atomic E-state index is 0.0103. The molecular formula is C14H12N6O3S3. The third-order valence-electron chi connectivity index (χ3n) is 2.88. The van der Waals surface area contributed by atoms with E-state index in [1.165, 1.54) is 28.7 Å². The monoisotopic (exact) mass is 408 g/mol. The molecule has 3 aromatic rings. The molecule has 0 spiro atoms. The molecule has 0 aliphatic rings. The van der Waals surface area contributed by atoms with E-state index >= 15 is 0 Å². The first-order valence-electron chi connectivity index (χ1n) is 7.22. The number of carbonyl (C=O) groups is 1. The molecule has 1 aromatic carbocycles. The van der Waals surface area contributed by atoms with Crippen molar-refractivity contribution in [3.8, 4) is 0 Å². The summed E-state index contributed by atoms with van der Waals surface area (Å²) in [5, 5.41) is 16.7. The minimum atomic E-state index is -0.696. The molecule has 12 heteroatoms. The van der Waals surface area contributed by atoms with Crippen LogP contribution in [0.1, 0.15) is 5.56 Å². The van der Waals surface area contributed by atoms with Crippen LogP contribution in [0.2, 0.25) is 0 Å². The van der Waals surface area contributed by atoms with Gasteiger partial charge in [-0.1, -0.05) is 65.2 Å². The summed E-state index contributed by atoms with van der Waals surface area (Å²) in [5.41, 5.74) is -0.159. The lowest BCUT2D eigenvalue weighted by atomic mass is 10.2. The summed E-state index contributed by atoms with van der Waals surface area (Å²) in [6.07, 6.45) is 0. The van der Waals surface area contributed by atoms with Crippen molar-refractivity contribution < 1.29 is 4.79 Å². The highest BCUT2D eigenvalue weighted by molar-refractivity contribution is 8.00. The largest absolute Gasteiger partial charge is 0.342 e. The molecule has 0 radical (unpaired) electrons. The SMILES string of the molecule is O=C(CSc1n[nH]c(=O)[nH]c1=O)Nc1nnc(SCc2ccccc2)s1. The average Bonchev–Trinajstić information content (AvgIpc) is 3.07. The first-order valence-corrected chi connectivity index (χ1v) is 10.0. The zero-order valence-electron chi connectivity index (χ0n) is 13.1. The number of hydrogen-bond donors (Lipinski definition) is 3. The predicted molar refractivity (Wildman–Crippen MR) is 101 cm³/mol. The standard InChI is InChI=1S/C14H12N6O3S3/c21-9(7-24-11-10(22)16-12(23)18-17-11)15-13-19-20-14(26-13)25-6-8-4-2-1-3-5-8/h1-5H,6-7H2,(H,15,19,21)(H2,16,18,22,23). The highest BCUT2D eigenvalue weighted by Crippen LogP contribution is 2.28. The Morgan fingerprint density at radius 2 is 1.96 bits per heavy atom. The van der Waals surface area contributed by atoms with Crippen molar-refractivity contribution in [3.63, 3.8) is 0 Å². The predicted octanol–water partition coefficient (Wildman–Crippen LogP) is 1.33. The second-order valence-corrected chi connectivity index (χ2v) is 7.96. The molecule has 0 fully saturated rings. The van der Waals surface area contributed by atoms with Crippen LogP contribution in [0, 0.1) is 0 Å². The summed E-state index contributed by atoms with van der Waals surface area (Å²) in [6.45, 7) is 0. The second kappa shape index (κ2) is 8.78. The van der Waals surface area contributed by atoms with Gasteiger partial charge in [0.05, 0.1) is 5.75 Å². The van der Waals surface area contributed by atoms with E-state index in [-0.39, 0.29) is 16.7 Å². The Balaban J connectivity index is 1.49. The summed E-state index contributed by atoms with van der Waals surface area (Å²) in [7, 11) is 0. The Bertz CT molecular complexity index is 1000. The molecule has 3 rings (SSSR count). The van der Waals surface area contributed by atoms with Gasteiger partial charge in [-0.05, 0) is 5.56 Å². The van der Waals surface area contributed by atoms with Gasteiger partial charge in [-0.25, -0.2) is 9.89 Å². The van der Waals surface area contributed by atoms with Crippen LogP contribution in [0.3, 0.4) is 0 Å². The Labute approximate surface area is 159 Å². The van der Waals surface area contributed by atoms with Crippen molar-refractivity contribution in [2.75, 3.05) is 11.1 Å². The number of nitrogens with zero attached hydrogens (tertiary/aromatic N) is 3. The molecule has 2 heterocycles. The van der Waals surface area contributed by atoms with Crippen molar-refractivity contribution in [2.24, 2.45) is 0 Å². The number of rotatable bonds is 7.